The monoisotopic (exact) mass is 260 g/mol. The number of aryl methyl sites for hydroxylation is 1. The molecule has 5 nitrogen and oxygen atoms in total. The van der Waals surface area contributed by atoms with E-state index in [1.165, 1.54) is 6.26 Å². The molecule has 2 aromatic rings. The summed E-state index contributed by atoms with van der Waals surface area (Å²) >= 11 is 0. The number of rotatable bonds is 5. The van der Waals surface area contributed by atoms with Gasteiger partial charge in [0.2, 0.25) is 0 Å². The molecule has 0 spiro atoms. The van der Waals surface area contributed by atoms with E-state index < -0.39 is 0 Å². The third-order valence-electron chi connectivity index (χ3n) is 2.56. The third kappa shape index (κ3) is 3.51. The lowest BCUT2D eigenvalue weighted by atomic mass is 10.3. The third-order valence-corrected chi connectivity index (χ3v) is 2.56. The minimum Gasteiger partial charge on any atom is -0.490 e. The lowest BCUT2D eigenvalue weighted by Crippen LogP contribution is -2.27. The highest BCUT2D eigenvalue weighted by molar-refractivity contribution is 5.93. The molecule has 100 valence electrons. The highest BCUT2D eigenvalue weighted by Crippen LogP contribution is 2.19. The van der Waals surface area contributed by atoms with Crippen LogP contribution >= 0.6 is 0 Å². The number of benzene rings is 1. The first-order valence-electron chi connectivity index (χ1n) is 5.97. The molecule has 0 aliphatic carbocycles. The van der Waals surface area contributed by atoms with Gasteiger partial charge in [0.15, 0.2) is 0 Å². The Kier molecular flexibility index (Phi) is 4.07. The molecule has 0 atom stereocenters. The molecule has 0 aliphatic heterocycles. The molecule has 1 heterocycles. The second kappa shape index (κ2) is 5.95. The van der Waals surface area contributed by atoms with Crippen LogP contribution in [0.5, 0.6) is 5.75 Å². The number of furan rings is 1. The van der Waals surface area contributed by atoms with Crippen LogP contribution in [0.25, 0.3) is 0 Å². The Hall–Kier alpha value is -2.43. The first-order chi connectivity index (χ1) is 9.16. The van der Waals surface area contributed by atoms with Gasteiger partial charge in [-0.2, -0.15) is 0 Å². The fourth-order valence-electron chi connectivity index (χ4n) is 1.60. The average molecular weight is 260 g/mol. The molecule has 3 N–H and O–H groups in total. The SMILES string of the molecule is Cc1cc(C(=O)NCCOc2ccccc2N)co1. The number of hydrogen-bond donors (Lipinski definition) is 2. The summed E-state index contributed by atoms with van der Waals surface area (Å²) in [6, 6.07) is 8.92. The fourth-order valence-corrected chi connectivity index (χ4v) is 1.60. The Morgan fingerprint density at radius 1 is 1.42 bits per heavy atom. The van der Waals surface area contributed by atoms with E-state index in [0.29, 0.717) is 35.9 Å². The second-order valence-electron chi connectivity index (χ2n) is 4.09. The number of para-hydroxylation sites is 2. The molecule has 1 amide bonds. The number of anilines is 1. The van der Waals surface area contributed by atoms with Crippen LogP contribution in [0.2, 0.25) is 0 Å². The average Bonchev–Trinajstić information content (AvgIpc) is 2.83. The summed E-state index contributed by atoms with van der Waals surface area (Å²) in [6.07, 6.45) is 1.43. The molecule has 0 aliphatic rings. The van der Waals surface area contributed by atoms with E-state index in [1.807, 2.05) is 12.1 Å². The molecule has 19 heavy (non-hydrogen) atoms. The van der Waals surface area contributed by atoms with Crippen molar-refractivity contribution in [3.05, 3.63) is 47.9 Å². The zero-order chi connectivity index (χ0) is 13.7. The summed E-state index contributed by atoms with van der Waals surface area (Å²) in [5, 5.41) is 2.74. The van der Waals surface area contributed by atoms with E-state index in [9.17, 15) is 4.79 Å². The maximum absolute atomic E-state index is 11.7. The van der Waals surface area contributed by atoms with Crippen LogP contribution in [-0.4, -0.2) is 19.1 Å². The summed E-state index contributed by atoms with van der Waals surface area (Å²) < 4.78 is 10.5. The summed E-state index contributed by atoms with van der Waals surface area (Å²) in [4.78, 5) is 11.7. The number of hydrogen-bond acceptors (Lipinski definition) is 4. The van der Waals surface area contributed by atoms with E-state index in [-0.39, 0.29) is 5.91 Å². The Morgan fingerprint density at radius 3 is 2.89 bits per heavy atom. The number of nitrogens with one attached hydrogen (secondary N) is 1. The zero-order valence-corrected chi connectivity index (χ0v) is 10.7. The van der Waals surface area contributed by atoms with Crippen LogP contribution in [0.1, 0.15) is 16.1 Å². The number of ether oxygens (including phenoxy) is 1. The number of carbonyl (C=O) groups excluding carboxylic acids is 1. The molecule has 2 rings (SSSR count). The maximum atomic E-state index is 11.7. The molecule has 5 heteroatoms. The van der Waals surface area contributed by atoms with E-state index in [0.717, 1.165) is 0 Å². The Labute approximate surface area is 111 Å². The van der Waals surface area contributed by atoms with Crippen molar-refractivity contribution >= 4 is 11.6 Å². The van der Waals surface area contributed by atoms with Crippen molar-refractivity contribution in [1.29, 1.82) is 0 Å². The molecular formula is C14H16N2O3. The lowest BCUT2D eigenvalue weighted by Gasteiger charge is -2.08. The van der Waals surface area contributed by atoms with Crippen LogP contribution in [0.3, 0.4) is 0 Å². The van der Waals surface area contributed by atoms with Crippen LogP contribution in [0.15, 0.2) is 41.0 Å². The van der Waals surface area contributed by atoms with Gasteiger partial charge in [-0.15, -0.1) is 0 Å². The van der Waals surface area contributed by atoms with Crippen LogP contribution in [0, 0.1) is 6.92 Å². The van der Waals surface area contributed by atoms with Crippen molar-refractivity contribution in [3.63, 3.8) is 0 Å². The van der Waals surface area contributed by atoms with E-state index in [1.54, 1.807) is 25.1 Å². The van der Waals surface area contributed by atoms with Gasteiger partial charge in [0.25, 0.3) is 5.91 Å². The van der Waals surface area contributed by atoms with E-state index >= 15 is 0 Å². The zero-order valence-electron chi connectivity index (χ0n) is 10.7. The van der Waals surface area contributed by atoms with Crippen molar-refractivity contribution in [3.8, 4) is 5.75 Å². The van der Waals surface area contributed by atoms with Gasteiger partial charge >= 0.3 is 0 Å². The smallest absolute Gasteiger partial charge is 0.254 e. The van der Waals surface area contributed by atoms with Gasteiger partial charge in [-0.25, -0.2) is 0 Å². The van der Waals surface area contributed by atoms with Gasteiger partial charge < -0.3 is 20.2 Å². The Morgan fingerprint density at radius 2 is 2.21 bits per heavy atom. The van der Waals surface area contributed by atoms with Crippen molar-refractivity contribution < 1.29 is 13.9 Å². The van der Waals surface area contributed by atoms with Gasteiger partial charge in [-0.3, -0.25) is 4.79 Å². The summed E-state index contributed by atoms with van der Waals surface area (Å²) in [6.45, 7) is 2.55. The molecule has 0 unspecified atom stereocenters. The fraction of sp³-hybridized carbons (Fsp3) is 0.214. The maximum Gasteiger partial charge on any atom is 0.254 e. The molecule has 0 radical (unpaired) electrons. The summed E-state index contributed by atoms with van der Waals surface area (Å²) in [7, 11) is 0. The predicted octanol–water partition coefficient (Wildman–Crippen LogP) is 1.98. The summed E-state index contributed by atoms with van der Waals surface area (Å²) in [5.41, 5.74) is 6.83. The van der Waals surface area contributed by atoms with Crippen molar-refractivity contribution in [1.82, 2.24) is 5.32 Å². The lowest BCUT2D eigenvalue weighted by molar-refractivity contribution is 0.0946. The Bertz CT molecular complexity index is 563. The number of carbonyl (C=O) groups is 1. The minimum absolute atomic E-state index is 0.179. The van der Waals surface area contributed by atoms with Crippen molar-refractivity contribution in [2.75, 3.05) is 18.9 Å². The molecule has 1 aromatic heterocycles. The normalized spacial score (nSPS) is 10.2. The second-order valence-corrected chi connectivity index (χ2v) is 4.09. The first kappa shape index (κ1) is 13.0. The van der Waals surface area contributed by atoms with Crippen LogP contribution in [0.4, 0.5) is 5.69 Å². The van der Waals surface area contributed by atoms with E-state index in [2.05, 4.69) is 5.32 Å². The molecule has 0 saturated heterocycles. The molecule has 0 fully saturated rings. The number of nitrogens with two attached hydrogens (primary N) is 1. The van der Waals surface area contributed by atoms with Crippen molar-refractivity contribution in [2.45, 2.75) is 6.92 Å². The van der Waals surface area contributed by atoms with Crippen LogP contribution in [-0.2, 0) is 0 Å². The standard InChI is InChI=1S/C14H16N2O3/c1-10-8-11(9-19-10)14(17)16-6-7-18-13-5-3-2-4-12(13)15/h2-5,8-9H,6-7,15H2,1H3,(H,16,17). The minimum atomic E-state index is -0.179. The quantitative estimate of drug-likeness (QED) is 0.636. The topological polar surface area (TPSA) is 77.5 Å². The molecule has 0 bridgehead atoms. The van der Waals surface area contributed by atoms with E-state index in [4.69, 9.17) is 14.9 Å². The van der Waals surface area contributed by atoms with Gasteiger partial charge in [0, 0.05) is 0 Å². The number of nitrogen functional groups attached to an aromatic ring is 1. The molecular weight excluding hydrogens is 244 g/mol. The van der Waals surface area contributed by atoms with Gasteiger partial charge in [0.05, 0.1) is 17.8 Å². The van der Waals surface area contributed by atoms with Crippen LogP contribution < -0.4 is 15.8 Å². The predicted molar refractivity (Wildman–Crippen MR) is 72.1 cm³/mol. The molecule has 1 aromatic carbocycles. The van der Waals surface area contributed by atoms with Gasteiger partial charge in [0.1, 0.15) is 24.4 Å². The highest BCUT2D eigenvalue weighted by Gasteiger charge is 2.07. The Balaban J connectivity index is 1.75. The highest BCUT2D eigenvalue weighted by atomic mass is 16.5. The van der Waals surface area contributed by atoms with Crippen molar-refractivity contribution in [2.24, 2.45) is 0 Å². The molecule has 0 saturated carbocycles. The summed E-state index contributed by atoms with van der Waals surface area (Å²) in [5.74, 6) is 1.15. The van der Waals surface area contributed by atoms with Gasteiger partial charge in [-0.05, 0) is 25.1 Å². The number of amides is 1. The largest absolute Gasteiger partial charge is 0.490 e. The first-order valence-corrected chi connectivity index (χ1v) is 5.97. The van der Waals surface area contributed by atoms with Gasteiger partial charge in [-0.1, -0.05) is 12.1 Å².